The number of carbonyl (C=O) groups is 1. The van der Waals surface area contributed by atoms with Crippen LogP contribution in [-0.4, -0.2) is 42.6 Å². The summed E-state index contributed by atoms with van der Waals surface area (Å²) >= 11 is 0. The zero-order valence-corrected chi connectivity index (χ0v) is 17.2. The van der Waals surface area contributed by atoms with Crippen molar-refractivity contribution in [2.24, 2.45) is 0 Å². The quantitative estimate of drug-likeness (QED) is 0.695. The molecule has 5 rings (SSSR count). The van der Waals surface area contributed by atoms with Gasteiger partial charge in [0.05, 0.1) is 16.9 Å². The largest absolute Gasteiger partial charge is 0.378 e. The van der Waals surface area contributed by atoms with Gasteiger partial charge in [-0.3, -0.25) is 4.79 Å². The van der Waals surface area contributed by atoms with Gasteiger partial charge in [0, 0.05) is 50.3 Å². The summed E-state index contributed by atoms with van der Waals surface area (Å²) < 4.78 is 16.0. The average molecular weight is 404 g/mol. The molecule has 1 N–H and O–H groups in total. The van der Waals surface area contributed by atoms with Crippen molar-refractivity contribution in [3.63, 3.8) is 0 Å². The van der Waals surface area contributed by atoms with Gasteiger partial charge in [-0.2, -0.15) is 0 Å². The molecule has 154 valence electrons. The molecule has 0 unspecified atom stereocenters. The molecule has 2 aromatic carbocycles. The molecule has 2 aliphatic heterocycles. The number of nitrogens with one attached hydrogen (secondary N) is 1. The molecule has 1 amide bonds. The minimum atomic E-state index is -0.299. The maximum Gasteiger partial charge on any atom is 0.253 e. The standard InChI is InChI=1S/C24H25FN4O/c1-27(2)19-6-3-5-17(15-19)23(30)28-13-10-24(11-14-28)22-7-4-12-29(22)21-9-8-18(25)16-20(21)26-24/h3-9,12,15-16,26H,10-11,13-14H2,1-2H3. The van der Waals surface area contributed by atoms with Gasteiger partial charge >= 0.3 is 0 Å². The average Bonchev–Trinajstić information content (AvgIpc) is 3.25. The first-order valence-corrected chi connectivity index (χ1v) is 10.3. The highest BCUT2D eigenvalue weighted by molar-refractivity contribution is 5.95. The number of fused-ring (bicyclic) bond motifs is 4. The third-order valence-corrected chi connectivity index (χ3v) is 6.34. The lowest BCUT2D eigenvalue weighted by atomic mass is 9.82. The number of carbonyl (C=O) groups excluding carboxylic acids is 1. The summed E-state index contributed by atoms with van der Waals surface area (Å²) in [6.07, 6.45) is 3.57. The van der Waals surface area contributed by atoms with Crippen molar-refractivity contribution in [1.29, 1.82) is 0 Å². The van der Waals surface area contributed by atoms with Gasteiger partial charge in [0.2, 0.25) is 0 Å². The number of hydrogen-bond acceptors (Lipinski definition) is 3. The number of piperidine rings is 1. The van der Waals surface area contributed by atoms with E-state index in [1.54, 1.807) is 6.07 Å². The van der Waals surface area contributed by atoms with Crippen LogP contribution in [0, 0.1) is 5.82 Å². The molecule has 5 nitrogen and oxygen atoms in total. The highest BCUT2D eigenvalue weighted by Crippen LogP contribution is 2.43. The molecule has 0 radical (unpaired) electrons. The predicted octanol–water partition coefficient (Wildman–Crippen LogP) is 4.24. The van der Waals surface area contributed by atoms with E-state index in [2.05, 4.69) is 16.0 Å². The second kappa shape index (κ2) is 6.90. The van der Waals surface area contributed by atoms with Crippen molar-refractivity contribution in [2.75, 3.05) is 37.4 Å². The Bertz CT molecular complexity index is 1110. The second-order valence-corrected chi connectivity index (χ2v) is 8.37. The maximum absolute atomic E-state index is 13.9. The summed E-state index contributed by atoms with van der Waals surface area (Å²) in [6, 6.07) is 16.8. The fraction of sp³-hybridized carbons (Fsp3) is 0.292. The Morgan fingerprint density at radius 1 is 1.07 bits per heavy atom. The smallest absolute Gasteiger partial charge is 0.253 e. The molecular weight excluding hydrogens is 379 g/mol. The van der Waals surface area contributed by atoms with Crippen LogP contribution >= 0.6 is 0 Å². The topological polar surface area (TPSA) is 40.5 Å². The normalized spacial score (nSPS) is 16.6. The first-order valence-electron chi connectivity index (χ1n) is 10.3. The van der Waals surface area contributed by atoms with Crippen molar-refractivity contribution in [2.45, 2.75) is 18.4 Å². The molecule has 1 saturated heterocycles. The molecule has 1 spiro atoms. The lowest BCUT2D eigenvalue weighted by Gasteiger charge is -2.46. The molecule has 1 aromatic heterocycles. The summed E-state index contributed by atoms with van der Waals surface area (Å²) in [5.41, 5.74) is 4.36. The molecule has 0 saturated carbocycles. The van der Waals surface area contributed by atoms with Crippen molar-refractivity contribution in [1.82, 2.24) is 9.47 Å². The first kappa shape index (κ1) is 18.7. The van der Waals surface area contributed by atoms with Gasteiger partial charge in [-0.15, -0.1) is 0 Å². The number of amides is 1. The molecule has 1 fully saturated rings. The van der Waals surface area contributed by atoms with Crippen LogP contribution in [0.4, 0.5) is 15.8 Å². The van der Waals surface area contributed by atoms with Crippen LogP contribution in [-0.2, 0) is 5.54 Å². The molecule has 0 atom stereocenters. The lowest BCUT2D eigenvalue weighted by molar-refractivity contribution is 0.0676. The van der Waals surface area contributed by atoms with Crippen LogP contribution in [0.25, 0.3) is 5.69 Å². The van der Waals surface area contributed by atoms with E-state index in [0.29, 0.717) is 18.7 Å². The fourth-order valence-electron chi connectivity index (χ4n) is 4.69. The van der Waals surface area contributed by atoms with Crippen LogP contribution in [0.3, 0.4) is 0 Å². The third-order valence-electron chi connectivity index (χ3n) is 6.34. The Morgan fingerprint density at radius 3 is 2.63 bits per heavy atom. The van der Waals surface area contributed by atoms with Gasteiger partial charge in [-0.05, 0) is 61.4 Å². The van der Waals surface area contributed by atoms with E-state index >= 15 is 0 Å². The van der Waals surface area contributed by atoms with Gasteiger partial charge in [0.25, 0.3) is 5.91 Å². The molecule has 2 aliphatic rings. The van der Waals surface area contributed by atoms with E-state index in [4.69, 9.17) is 0 Å². The summed E-state index contributed by atoms with van der Waals surface area (Å²) in [4.78, 5) is 17.0. The van der Waals surface area contributed by atoms with Crippen molar-refractivity contribution < 1.29 is 9.18 Å². The Labute approximate surface area is 175 Å². The molecule has 30 heavy (non-hydrogen) atoms. The van der Waals surface area contributed by atoms with E-state index in [0.717, 1.165) is 29.9 Å². The van der Waals surface area contributed by atoms with Crippen LogP contribution < -0.4 is 10.2 Å². The first-order chi connectivity index (χ1) is 14.5. The van der Waals surface area contributed by atoms with Gasteiger partial charge in [0.15, 0.2) is 0 Å². The lowest BCUT2D eigenvalue weighted by Crippen LogP contribution is -2.51. The van der Waals surface area contributed by atoms with E-state index in [1.165, 1.54) is 11.8 Å². The number of halogens is 1. The second-order valence-electron chi connectivity index (χ2n) is 8.37. The summed E-state index contributed by atoms with van der Waals surface area (Å²) in [7, 11) is 3.94. The zero-order valence-electron chi connectivity index (χ0n) is 17.2. The van der Waals surface area contributed by atoms with E-state index in [1.807, 2.05) is 66.5 Å². The Morgan fingerprint density at radius 2 is 1.87 bits per heavy atom. The summed E-state index contributed by atoms with van der Waals surface area (Å²) in [6.45, 7) is 1.29. The number of rotatable bonds is 2. The SMILES string of the molecule is CN(C)c1cccc(C(=O)N2CCC3(CC2)Nc2cc(F)ccc2-n2cccc23)c1. The molecule has 6 heteroatoms. The Kier molecular flexibility index (Phi) is 4.31. The number of anilines is 2. The minimum absolute atomic E-state index is 0.0613. The van der Waals surface area contributed by atoms with Crippen LogP contribution in [0.1, 0.15) is 28.9 Å². The summed E-state index contributed by atoms with van der Waals surface area (Å²) in [5, 5.41) is 3.61. The molecule has 0 bridgehead atoms. The fourth-order valence-corrected chi connectivity index (χ4v) is 4.69. The minimum Gasteiger partial charge on any atom is -0.378 e. The Hall–Kier alpha value is -3.28. The molecular formula is C24H25FN4O. The van der Waals surface area contributed by atoms with E-state index in [9.17, 15) is 9.18 Å². The number of nitrogens with zero attached hydrogens (tertiary/aromatic N) is 3. The third kappa shape index (κ3) is 2.95. The predicted molar refractivity (Wildman–Crippen MR) is 117 cm³/mol. The monoisotopic (exact) mass is 404 g/mol. The van der Waals surface area contributed by atoms with Gasteiger partial charge < -0.3 is 19.7 Å². The Balaban J connectivity index is 1.39. The van der Waals surface area contributed by atoms with Crippen LogP contribution in [0.2, 0.25) is 0 Å². The number of hydrogen-bond donors (Lipinski definition) is 1. The van der Waals surface area contributed by atoms with Gasteiger partial charge in [0.1, 0.15) is 5.82 Å². The van der Waals surface area contributed by atoms with Crippen LogP contribution in [0.5, 0.6) is 0 Å². The molecule has 3 heterocycles. The molecule has 0 aliphatic carbocycles. The van der Waals surface area contributed by atoms with Crippen molar-refractivity contribution >= 4 is 17.3 Å². The highest BCUT2D eigenvalue weighted by atomic mass is 19.1. The number of benzene rings is 2. The number of aromatic nitrogens is 1. The zero-order chi connectivity index (χ0) is 20.9. The van der Waals surface area contributed by atoms with Crippen molar-refractivity contribution in [3.05, 3.63) is 77.9 Å². The van der Waals surface area contributed by atoms with Crippen molar-refractivity contribution in [3.8, 4) is 5.69 Å². The number of likely N-dealkylation sites (tertiary alicyclic amines) is 1. The highest BCUT2D eigenvalue weighted by Gasteiger charge is 2.42. The van der Waals surface area contributed by atoms with Crippen LogP contribution in [0.15, 0.2) is 60.8 Å². The van der Waals surface area contributed by atoms with E-state index < -0.39 is 0 Å². The van der Waals surface area contributed by atoms with Gasteiger partial charge in [-0.25, -0.2) is 4.39 Å². The van der Waals surface area contributed by atoms with Gasteiger partial charge in [-0.1, -0.05) is 6.07 Å². The maximum atomic E-state index is 13.9. The summed E-state index contributed by atoms with van der Waals surface area (Å²) in [5.74, 6) is -0.188. The molecule has 3 aromatic rings. The van der Waals surface area contributed by atoms with E-state index in [-0.39, 0.29) is 17.3 Å².